The molecule has 1 heterocycles. The molecule has 2 atom stereocenters. The van der Waals surface area contributed by atoms with Crippen LogP contribution in [-0.4, -0.2) is 25.0 Å². The van der Waals surface area contributed by atoms with Gasteiger partial charge in [0.25, 0.3) is 0 Å². The molecule has 0 bridgehead atoms. The molecule has 1 aliphatic rings. The van der Waals surface area contributed by atoms with E-state index in [9.17, 15) is 9.18 Å². The zero-order valence-electron chi connectivity index (χ0n) is 11.7. The first-order valence-corrected chi connectivity index (χ1v) is 6.91. The zero-order chi connectivity index (χ0) is 13.7. The maximum absolute atomic E-state index is 13.6. The van der Waals surface area contributed by atoms with Gasteiger partial charge in [-0.3, -0.25) is 4.79 Å². The lowest BCUT2D eigenvalue weighted by molar-refractivity contribution is -0.122. The molecule has 1 unspecified atom stereocenters. The third-order valence-electron chi connectivity index (χ3n) is 3.59. The number of hydrogen-bond donors (Lipinski definition) is 2. The predicted molar refractivity (Wildman–Crippen MR) is 80.7 cm³/mol. The zero-order valence-corrected chi connectivity index (χ0v) is 12.5. The molecule has 0 aromatic heterocycles. The summed E-state index contributed by atoms with van der Waals surface area (Å²) < 4.78 is 13.6. The van der Waals surface area contributed by atoms with Gasteiger partial charge >= 0.3 is 0 Å². The average molecular weight is 301 g/mol. The van der Waals surface area contributed by atoms with E-state index in [0.717, 1.165) is 25.9 Å². The fraction of sp³-hybridized carbons (Fsp3) is 0.533. The summed E-state index contributed by atoms with van der Waals surface area (Å²) in [5.74, 6) is -0.329. The van der Waals surface area contributed by atoms with Gasteiger partial charge < -0.3 is 10.6 Å². The Labute approximate surface area is 125 Å². The summed E-state index contributed by atoms with van der Waals surface area (Å²) in [6.07, 6.45) is 2.44. The first-order valence-electron chi connectivity index (χ1n) is 6.91. The van der Waals surface area contributed by atoms with Crippen LogP contribution in [-0.2, 0) is 4.79 Å². The number of carbonyl (C=O) groups excluding carboxylic acids is 1. The van der Waals surface area contributed by atoms with Crippen molar-refractivity contribution in [3.63, 3.8) is 0 Å². The van der Waals surface area contributed by atoms with Crippen LogP contribution in [0.15, 0.2) is 24.3 Å². The van der Waals surface area contributed by atoms with Crippen LogP contribution in [0.4, 0.5) is 4.39 Å². The normalized spacial score (nSPS) is 19.8. The lowest BCUT2D eigenvalue weighted by Gasteiger charge is -2.24. The third kappa shape index (κ3) is 4.76. The standard InChI is InChI=1S/C15H21FN2O.ClH/c1-11(13-6-2-3-7-14(13)16)9-15(19)18-12-5-4-8-17-10-12;/h2-3,6-7,11-12,17H,4-5,8-10H2,1H3,(H,18,19);1H/t11?,12-;/m0./s1. The summed E-state index contributed by atoms with van der Waals surface area (Å²) in [4.78, 5) is 11.9. The van der Waals surface area contributed by atoms with Gasteiger partial charge in [-0.1, -0.05) is 25.1 Å². The molecule has 0 spiro atoms. The van der Waals surface area contributed by atoms with E-state index in [4.69, 9.17) is 0 Å². The van der Waals surface area contributed by atoms with E-state index in [1.165, 1.54) is 6.07 Å². The van der Waals surface area contributed by atoms with Gasteiger partial charge in [-0.25, -0.2) is 4.39 Å². The minimum absolute atomic E-state index is 0. The largest absolute Gasteiger partial charge is 0.352 e. The Morgan fingerprint density at radius 1 is 1.50 bits per heavy atom. The average Bonchev–Trinajstić information content (AvgIpc) is 2.40. The van der Waals surface area contributed by atoms with E-state index >= 15 is 0 Å². The number of benzene rings is 1. The summed E-state index contributed by atoms with van der Waals surface area (Å²) in [7, 11) is 0. The smallest absolute Gasteiger partial charge is 0.220 e. The molecule has 1 aliphatic heterocycles. The molecular weight excluding hydrogens is 279 g/mol. The molecule has 0 aliphatic carbocycles. The minimum Gasteiger partial charge on any atom is -0.352 e. The van der Waals surface area contributed by atoms with Crippen molar-refractivity contribution in [1.29, 1.82) is 0 Å². The van der Waals surface area contributed by atoms with E-state index < -0.39 is 0 Å². The van der Waals surface area contributed by atoms with Crippen molar-refractivity contribution in [2.24, 2.45) is 0 Å². The molecule has 2 rings (SSSR count). The molecule has 1 aromatic rings. The predicted octanol–water partition coefficient (Wildman–Crippen LogP) is 2.61. The Balaban J connectivity index is 0.00000200. The van der Waals surface area contributed by atoms with Gasteiger partial charge in [0.05, 0.1) is 0 Å². The van der Waals surface area contributed by atoms with Crippen molar-refractivity contribution in [2.75, 3.05) is 13.1 Å². The molecule has 0 saturated carbocycles. The molecule has 0 radical (unpaired) electrons. The van der Waals surface area contributed by atoms with Crippen molar-refractivity contribution in [1.82, 2.24) is 10.6 Å². The highest BCUT2D eigenvalue weighted by molar-refractivity contribution is 5.85. The number of halogens is 2. The van der Waals surface area contributed by atoms with Gasteiger partial charge in [-0.15, -0.1) is 12.4 Å². The maximum Gasteiger partial charge on any atom is 0.220 e. The van der Waals surface area contributed by atoms with E-state index in [1.54, 1.807) is 18.2 Å². The lowest BCUT2D eigenvalue weighted by Crippen LogP contribution is -2.45. The number of carbonyl (C=O) groups is 1. The molecule has 1 amide bonds. The highest BCUT2D eigenvalue weighted by Crippen LogP contribution is 2.21. The monoisotopic (exact) mass is 300 g/mol. The van der Waals surface area contributed by atoms with Gasteiger partial charge in [0.2, 0.25) is 5.91 Å². The van der Waals surface area contributed by atoms with Crippen molar-refractivity contribution in [3.05, 3.63) is 35.6 Å². The molecule has 2 N–H and O–H groups in total. The summed E-state index contributed by atoms with van der Waals surface area (Å²) in [6, 6.07) is 6.87. The Morgan fingerprint density at radius 2 is 2.25 bits per heavy atom. The maximum atomic E-state index is 13.6. The van der Waals surface area contributed by atoms with Gasteiger partial charge in [-0.2, -0.15) is 0 Å². The topological polar surface area (TPSA) is 41.1 Å². The lowest BCUT2D eigenvalue weighted by atomic mass is 9.96. The second-order valence-corrected chi connectivity index (χ2v) is 5.24. The number of piperidine rings is 1. The second-order valence-electron chi connectivity index (χ2n) is 5.24. The van der Waals surface area contributed by atoms with E-state index in [1.807, 2.05) is 6.92 Å². The molecule has 20 heavy (non-hydrogen) atoms. The third-order valence-corrected chi connectivity index (χ3v) is 3.59. The molecule has 1 aromatic carbocycles. The molecule has 112 valence electrons. The van der Waals surface area contributed by atoms with Gasteiger partial charge in [-0.05, 0) is 36.9 Å². The summed E-state index contributed by atoms with van der Waals surface area (Å²) >= 11 is 0. The van der Waals surface area contributed by atoms with E-state index in [0.29, 0.717) is 12.0 Å². The highest BCUT2D eigenvalue weighted by atomic mass is 35.5. The molecule has 3 nitrogen and oxygen atoms in total. The summed E-state index contributed by atoms with van der Waals surface area (Å²) in [6.45, 7) is 3.74. The number of nitrogens with one attached hydrogen (secondary N) is 2. The van der Waals surface area contributed by atoms with Crippen LogP contribution in [0.25, 0.3) is 0 Å². The van der Waals surface area contributed by atoms with Crippen LogP contribution < -0.4 is 10.6 Å². The van der Waals surface area contributed by atoms with Crippen LogP contribution in [0.2, 0.25) is 0 Å². The highest BCUT2D eigenvalue weighted by Gasteiger charge is 2.18. The SMILES string of the molecule is CC(CC(=O)N[C@H]1CCCNC1)c1ccccc1F.Cl. The second kappa shape index (κ2) is 8.22. The quantitative estimate of drug-likeness (QED) is 0.897. The molecular formula is C15H22ClFN2O. The number of rotatable bonds is 4. The number of amides is 1. The first kappa shape index (κ1) is 16.9. The van der Waals surface area contributed by atoms with Crippen LogP contribution in [0, 0.1) is 5.82 Å². The molecule has 1 saturated heterocycles. The summed E-state index contributed by atoms with van der Waals surface area (Å²) in [5.41, 5.74) is 0.611. The fourth-order valence-electron chi connectivity index (χ4n) is 2.52. The van der Waals surface area contributed by atoms with Crippen molar-refractivity contribution in [3.8, 4) is 0 Å². The fourth-order valence-corrected chi connectivity index (χ4v) is 2.52. The van der Waals surface area contributed by atoms with Crippen LogP contribution >= 0.6 is 12.4 Å². The van der Waals surface area contributed by atoms with Crippen LogP contribution in [0.5, 0.6) is 0 Å². The Hall–Kier alpha value is -1.13. The van der Waals surface area contributed by atoms with Gasteiger partial charge in [0.1, 0.15) is 5.82 Å². The van der Waals surface area contributed by atoms with Crippen molar-refractivity contribution >= 4 is 18.3 Å². The van der Waals surface area contributed by atoms with Gasteiger partial charge in [0, 0.05) is 19.0 Å². The van der Waals surface area contributed by atoms with Crippen LogP contribution in [0.1, 0.15) is 37.7 Å². The Morgan fingerprint density at radius 3 is 2.90 bits per heavy atom. The van der Waals surface area contributed by atoms with Crippen molar-refractivity contribution in [2.45, 2.75) is 38.1 Å². The van der Waals surface area contributed by atoms with E-state index in [-0.39, 0.29) is 36.1 Å². The summed E-state index contributed by atoms with van der Waals surface area (Å²) in [5, 5.41) is 6.27. The van der Waals surface area contributed by atoms with E-state index in [2.05, 4.69) is 10.6 Å². The van der Waals surface area contributed by atoms with Crippen LogP contribution in [0.3, 0.4) is 0 Å². The Bertz CT molecular complexity index is 436. The van der Waals surface area contributed by atoms with Crippen molar-refractivity contribution < 1.29 is 9.18 Å². The minimum atomic E-state index is -0.234. The molecule has 5 heteroatoms. The Kier molecular flexibility index (Phi) is 6.96. The van der Waals surface area contributed by atoms with Gasteiger partial charge in [0.15, 0.2) is 0 Å². The molecule has 1 fully saturated rings. The first-order chi connectivity index (χ1) is 9.16. The number of hydrogen-bond acceptors (Lipinski definition) is 2.